The third-order valence-corrected chi connectivity index (χ3v) is 3.35. The third-order valence-electron chi connectivity index (χ3n) is 3.35. The number of ether oxygens (including phenoxy) is 4. The number of aliphatic hydroxyl groups excluding tert-OH is 1. The molecule has 1 aromatic rings. The lowest BCUT2D eigenvalue weighted by molar-refractivity contribution is 0.0503. The summed E-state index contributed by atoms with van der Waals surface area (Å²) in [5, 5.41) is 9.22. The van der Waals surface area contributed by atoms with Crippen LogP contribution in [-0.2, 0) is 15.9 Å². The smallest absolute Gasteiger partial charge is 0.188 e. The monoisotopic (exact) mass is 268 g/mol. The van der Waals surface area contributed by atoms with Crippen LogP contribution in [0.4, 0.5) is 0 Å². The summed E-state index contributed by atoms with van der Waals surface area (Å²) in [6.45, 7) is 2.12. The summed E-state index contributed by atoms with van der Waals surface area (Å²) in [7, 11) is 3.20. The topological polar surface area (TPSA) is 60.5 Å². The van der Waals surface area contributed by atoms with Crippen LogP contribution in [0.15, 0.2) is 18.2 Å². The van der Waals surface area contributed by atoms with Gasteiger partial charge in [0.25, 0.3) is 0 Å². The molecule has 1 aromatic carbocycles. The van der Waals surface area contributed by atoms with Crippen LogP contribution in [0.2, 0.25) is 0 Å². The van der Waals surface area contributed by atoms with Gasteiger partial charge in [0, 0.05) is 19.1 Å². The van der Waals surface area contributed by atoms with Gasteiger partial charge in [0.05, 0.1) is 19.8 Å². The first-order valence-corrected chi connectivity index (χ1v) is 6.20. The van der Waals surface area contributed by atoms with Crippen LogP contribution in [0.3, 0.4) is 0 Å². The molecule has 2 rings (SSSR count). The average Bonchev–Trinajstić information content (AvgIpc) is 3.08. The van der Waals surface area contributed by atoms with Crippen molar-refractivity contribution in [2.75, 3.05) is 27.6 Å². The summed E-state index contributed by atoms with van der Waals surface area (Å²) < 4.78 is 21.2. The molecule has 0 bridgehead atoms. The number of aliphatic hydroxyl groups is 1. The molecule has 5 nitrogen and oxygen atoms in total. The van der Waals surface area contributed by atoms with Crippen LogP contribution in [0.25, 0.3) is 0 Å². The Morgan fingerprint density at radius 1 is 1.37 bits per heavy atom. The molecule has 106 valence electrons. The SMILES string of the molecule is COCOc1ccc(OC)cc1C[C@H]1O[C@]1(C)CO. The van der Waals surface area contributed by atoms with Gasteiger partial charge >= 0.3 is 0 Å². The molecule has 1 N–H and O–H groups in total. The standard InChI is InChI=1S/C14H20O5/c1-14(8-15)13(19-14)7-10-6-11(17-3)4-5-12(10)18-9-16-2/h4-6,13,15H,7-9H2,1-3H3/t13-,14-/m1/s1. The highest BCUT2D eigenvalue weighted by atomic mass is 16.7. The van der Waals surface area contributed by atoms with Gasteiger partial charge in [-0.3, -0.25) is 0 Å². The molecular formula is C14H20O5. The lowest BCUT2D eigenvalue weighted by Crippen LogP contribution is -2.16. The zero-order chi connectivity index (χ0) is 13.9. The molecule has 0 amide bonds. The summed E-state index contributed by atoms with van der Waals surface area (Å²) in [6.07, 6.45) is 0.683. The van der Waals surface area contributed by atoms with Crippen LogP contribution in [-0.4, -0.2) is 44.4 Å². The summed E-state index contributed by atoms with van der Waals surface area (Å²) in [4.78, 5) is 0. The maximum atomic E-state index is 9.22. The number of benzene rings is 1. The van der Waals surface area contributed by atoms with Gasteiger partial charge in [0.15, 0.2) is 6.79 Å². The Morgan fingerprint density at radius 3 is 2.74 bits per heavy atom. The van der Waals surface area contributed by atoms with Crippen molar-refractivity contribution >= 4 is 0 Å². The molecule has 1 aliphatic rings. The van der Waals surface area contributed by atoms with Gasteiger partial charge in [-0.05, 0) is 25.1 Å². The van der Waals surface area contributed by atoms with Crippen LogP contribution >= 0.6 is 0 Å². The van der Waals surface area contributed by atoms with Gasteiger partial charge in [-0.15, -0.1) is 0 Å². The second-order valence-electron chi connectivity index (χ2n) is 4.81. The highest BCUT2D eigenvalue weighted by Crippen LogP contribution is 2.39. The Balaban J connectivity index is 2.11. The fraction of sp³-hybridized carbons (Fsp3) is 0.571. The summed E-state index contributed by atoms with van der Waals surface area (Å²) >= 11 is 0. The van der Waals surface area contributed by atoms with Gasteiger partial charge in [-0.1, -0.05) is 0 Å². The van der Waals surface area contributed by atoms with E-state index in [4.69, 9.17) is 18.9 Å². The third kappa shape index (κ3) is 3.18. The second-order valence-corrected chi connectivity index (χ2v) is 4.81. The Morgan fingerprint density at radius 2 is 2.16 bits per heavy atom. The van der Waals surface area contributed by atoms with E-state index in [0.29, 0.717) is 6.42 Å². The van der Waals surface area contributed by atoms with Crippen molar-refractivity contribution in [1.29, 1.82) is 0 Å². The number of rotatable bonds is 7. The molecule has 19 heavy (non-hydrogen) atoms. The van der Waals surface area contributed by atoms with Crippen molar-refractivity contribution in [3.8, 4) is 11.5 Å². The fourth-order valence-corrected chi connectivity index (χ4v) is 1.99. The minimum Gasteiger partial charge on any atom is -0.497 e. The first-order chi connectivity index (χ1) is 9.12. The summed E-state index contributed by atoms with van der Waals surface area (Å²) in [5.74, 6) is 1.52. The highest BCUT2D eigenvalue weighted by Gasteiger charge is 2.51. The zero-order valence-electron chi connectivity index (χ0n) is 11.5. The lowest BCUT2D eigenvalue weighted by Gasteiger charge is -2.12. The van der Waals surface area contributed by atoms with Gasteiger partial charge < -0.3 is 24.1 Å². The van der Waals surface area contributed by atoms with E-state index in [1.807, 2.05) is 25.1 Å². The average molecular weight is 268 g/mol. The number of epoxide rings is 1. The molecule has 5 heteroatoms. The van der Waals surface area contributed by atoms with Crippen molar-refractivity contribution in [3.05, 3.63) is 23.8 Å². The van der Waals surface area contributed by atoms with E-state index in [1.54, 1.807) is 14.2 Å². The zero-order valence-corrected chi connectivity index (χ0v) is 11.5. The molecule has 0 spiro atoms. The van der Waals surface area contributed by atoms with Gasteiger partial charge in [0.1, 0.15) is 17.1 Å². The molecule has 0 aliphatic carbocycles. The Labute approximate surface area is 113 Å². The molecule has 0 saturated carbocycles. The Bertz CT molecular complexity index is 434. The Hall–Kier alpha value is -1.30. The van der Waals surface area contributed by atoms with E-state index < -0.39 is 5.60 Å². The van der Waals surface area contributed by atoms with Gasteiger partial charge in [0.2, 0.25) is 0 Å². The summed E-state index contributed by atoms with van der Waals surface area (Å²) in [6, 6.07) is 5.61. The maximum Gasteiger partial charge on any atom is 0.188 e. The number of hydrogen-bond donors (Lipinski definition) is 1. The van der Waals surface area contributed by atoms with Gasteiger partial charge in [-0.25, -0.2) is 0 Å². The van der Waals surface area contributed by atoms with Crippen LogP contribution in [0, 0.1) is 0 Å². The minimum absolute atomic E-state index is 0.00880. The predicted octanol–water partition coefficient (Wildman–Crippen LogP) is 1.37. The first kappa shape index (κ1) is 14.1. The highest BCUT2D eigenvalue weighted by molar-refractivity contribution is 5.41. The molecule has 1 aliphatic heterocycles. The number of hydrogen-bond acceptors (Lipinski definition) is 5. The Kier molecular flexibility index (Phi) is 4.29. The largest absolute Gasteiger partial charge is 0.497 e. The molecule has 0 unspecified atom stereocenters. The van der Waals surface area contributed by atoms with E-state index in [1.165, 1.54) is 0 Å². The second kappa shape index (κ2) is 5.77. The van der Waals surface area contributed by atoms with E-state index >= 15 is 0 Å². The lowest BCUT2D eigenvalue weighted by atomic mass is 10.0. The first-order valence-electron chi connectivity index (χ1n) is 6.20. The predicted molar refractivity (Wildman–Crippen MR) is 69.6 cm³/mol. The molecule has 1 fully saturated rings. The van der Waals surface area contributed by atoms with Crippen molar-refractivity contribution < 1.29 is 24.1 Å². The van der Waals surface area contributed by atoms with Crippen LogP contribution in [0.5, 0.6) is 11.5 Å². The molecule has 1 saturated heterocycles. The van der Waals surface area contributed by atoms with Crippen molar-refractivity contribution in [2.24, 2.45) is 0 Å². The quantitative estimate of drug-likeness (QED) is 0.598. The molecule has 0 aromatic heterocycles. The molecule has 2 atom stereocenters. The van der Waals surface area contributed by atoms with Crippen molar-refractivity contribution in [1.82, 2.24) is 0 Å². The van der Waals surface area contributed by atoms with Crippen LogP contribution in [0.1, 0.15) is 12.5 Å². The van der Waals surface area contributed by atoms with Crippen molar-refractivity contribution in [2.45, 2.75) is 25.0 Å². The molecular weight excluding hydrogens is 248 g/mol. The van der Waals surface area contributed by atoms with E-state index in [9.17, 15) is 5.11 Å². The maximum absolute atomic E-state index is 9.22. The fourth-order valence-electron chi connectivity index (χ4n) is 1.99. The van der Waals surface area contributed by atoms with Crippen LogP contribution < -0.4 is 9.47 Å². The molecule has 0 radical (unpaired) electrons. The molecule has 1 heterocycles. The van der Waals surface area contributed by atoms with E-state index in [-0.39, 0.29) is 19.5 Å². The minimum atomic E-state index is -0.429. The van der Waals surface area contributed by atoms with Gasteiger partial charge in [-0.2, -0.15) is 0 Å². The normalized spacial score (nSPS) is 25.2. The van der Waals surface area contributed by atoms with E-state index in [2.05, 4.69) is 0 Å². The number of methoxy groups -OCH3 is 2. The van der Waals surface area contributed by atoms with Crippen molar-refractivity contribution in [3.63, 3.8) is 0 Å². The van der Waals surface area contributed by atoms with E-state index in [0.717, 1.165) is 17.1 Å². The summed E-state index contributed by atoms with van der Waals surface area (Å²) in [5.41, 5.74) is 0.556.